The predicted octanol–water partition coefficient (Wildman–Crippen LogP) is 3.55. The second kappa shape index (κ2) is 7.92. The highest BCUT2D eigenvalue weighted by Crippen LogP contribution is 2.39. The Morgan fingerprint density at radius 3 is 2.87 bits per heavy atom. The molecule has 0 aliphatic carbocycles. The van der Waals surface area contributed by atoms with E-state index in [1.165, 1.54) is 12.4 Å². The van der Waals surface area contributed by atoms with Gasteiger partial charge in [0, 0.05) is 19.3 Å². The molecule has 8 nitrogen and oxygen atoms in total. The molecule has 0 spiro atoms. The van der Waals surface area contributed by atoms with E-state index >= 15 is 0 Å². The Balaban J connectivity index is 1.58. The molecule has 156 valence electrons. The summed E-state index contributed by atoms with van der Waals surface area (Å²) in [5.41, 5.74) is 8.62. The van der Waals surface area contributed by atoms with Crippen LogP contribution in [0.1, 0.15) is 18.9 Å². The summed E-state index contributed by atoms with van der Waals surface area (Å²) in [6.07, 6.45) is 6.40. The van der Waals surface area contributed by atoms with Gasteiger partial charge in [-0.25, -0.2) is 14.6 Å². The number of nitrogen functional groups attached to an aromatic ring is 1. The number of carbonyl (C=O) groups is 1. The number of amides is 1. The third-order valence-electron chi connectivity index (χ3n) is 5.50. The highest BCUT2D eigenvalue weighted by atomic mass is 32.1. The lowest BCUT2D eigenvalue weighted by molar-refractivity contribution is -0.127. The van der Waals surface area contributed by atoms with Crippen LogP contribution in [0.5, 0.6) is 0 Å². The number of aromatic nitrogens is 5. The molecule has 2 N–H and O–H groups in total. The Kier molecular flexibility index (Phi) is 4.95. The van der Waals surface area contributed by atoms with E-state index in [2.05, 4.69) is 21.5 Å². The Bertz CT molecular complexity index is 1260. The summed E-state index contributed by atoms with van der Waals surface area (Å²) >= 11 is 1.60. The molecule has 1 aliphatic rings. The Morgan fingerprint density at radius 1 is 1.19 bits per heavy atom. The van der Waals surface area contributed by atoms with Gasteiger partial charge in [-0.3, -0.25) is 9.78 Å². The first-order chi connectivity index (χ1) is 15.2. The number of carbonyl (C=O) groups excluding carboxylic acids is 1. The molecule has 9 heteroatoms. The van der Waals surface area contributed by atoms with Crippen LogP contribution < -0.4 is 5.73 Å². The number of fused-ring (bicyclic) bond motifs is 1. The maximum Gasteiger partial charge on any atom is 0.246 e. The molecule has 5 heterocycles. The van der Waals surface area contributed by atoms with Crippen LogP contribution >= 0.6 is 11.3 Å². The highest BCUT2D eigenvalue weighted by Gasteiger charge is 2.28. The largest absolute Gasteiger partial charge is 0.383 e. The highest BCUT2D eigenvalue weighted by molar-refractivity contribution is 7.18. The second-order valence-corrected chi connectivity index (χ2v) is 8.50. The second-order valence-electron chi connectivity index (χ2n) is 7.41. The molecule has 4 aromatic rings. The maximum atomic E-state index is 12.2. The van der Waals surface area contributed by atoms with E-state index in [0.29, 0.717) is 18.0 Å². The fraction of sp³-hybridized carbons (Fsp3) is 0.227. The molecule has 0 unspecified atom stereocenters. The van der Waals surface area contributed by atoms with Crippen molar-refractivity contribution in [1.29, 1.82) is 0 Å². The van der Waals surface area contributed by atoms with Crippen LogP contribution in [0.4, 0.5) is 5.82 Å². The number of likely N-dealkylation sites (tertiary alicyclic amines) is 1. The maximum absolute atomic E-state index is 12.2. The molecule has 1 aliphatic heterocycles. The number of rotatable bonds is 4. The Labute approximate surface area is 183 Å². The minimum Gasteiger partial charge on any atom is -0.383 e. The number of hydrogen-bond donors (Lipinski definition) is 1. The molecule has 1 saturated heterocycles. The van der Waals surface area contributed by atoms with E-state index in [-0.39, 0.29) is 11.9 Å². The first-order valence-corrected chi connectivity index (χ1v) is 10.9. The van der Waals surface area contributed by atoms with Crippen LogP contribution in [-0.4, -0.2) is 48.6 Å². The van der Waals surface area contributed by atoms with Crippen molar-refractivity contribution < 1.29 is 4.79 Å². The number of thiophene rings is 1. The molecule has 0 saturated carbocycles. The fourth-order valence-corrected chi connectivity index (χ4v) is 4.99. The lowest BCUT2D eigenvalue weighted by atomic mass is 10.1. The van der Waals surface area contributed by atoms with Gasteiger partial charge in [-0.2, -0.15) is 5.10 Å². The van der Waals surface area contributed by atoms with Gasteiger partial charge in [-0.05, 0) is 43.2 Å². The zero-order chi connectivity index (χ0) is 21.4. The summed E-state index contributed by atoms with van der Waals surface area (Å²) in [4.78, 5) is 29.1. The zero-order valence-electron chi connectivity index (χ0n) is 16.8. The molecule has 31 heavy (non-hydrogen) atoms. The quantitative estimate of drug-likeness (QED) is 0.496. The van der Waals surface area contributed by atoms with Gasteiger partial charge in [0.25, 0.3) is 0 Å². The van der Waals surface area contributed by atoms with E-state index < -0.39 is 0 Å². The molecule has 0 aromatic carbocycles. The number of piperidine rings is 1. The van der Waals surface area contributed by atoms with E-state index in [0.717, 1.165) is 45.9 Å². The van der Waals surface area contributed by atoms with Gasteiger partial charge in [-0.15, -0.1) is 11.3 Å². The molecule has 1 atom stereocenters. The third kappa shape index (κ3) is 3.46. The Hall–Kier alpha value is -3.59. The van der Waals surface area contributed by atoms with Gasteiger partial charge >= 0.3 is 0 Å². The molecular formula is C22H21N7OS. The SMILES string of the molecule is C=CC(=O)N1CCC[C@@H](n2nc(-c3ccc(-c4ccccn4)s3)c3c(N)ncnc32)C1. The van der Waals surface area contributed by atoms with Crippen LogP contribution in [0.15, 0.2) is 55.5 Å². The van der Waals surface area contributed by atoms with Crippen LogP contribution in [0.25, 0.3) is 32.2 Å². The van der Waals surface area contributed by atoms with Crippen molar-refractivity contribution in [1.82, 2.24) is 29.6 Å². The molecule has 1 fully saturated rings. The van der Waals surface area contributed by atoms with Gasteiger partial charge in [0.15, 0.2) is 5.65 Å². The Morgan fingerprint density at radius 2 is 2.06 bits per heavy atom. The average molecular weight is 432 g/mol. The van der Waals surface area contributed by atoms with Crippen molar-refractivity contribution in [3.63, 3.8) is 0 Å². The van der Waals surface area contributed by atoms with Crippen LogP contribution in [-0.2, 0) is 4.79 Å². The summed E-state index contributed by atoms with van der Waals surface area (Å²) in [6, 6.07) is 9.93. The number of pyridine rings is 1. The van der Waals surface area contributed by atoms with Crippen molar-refractivity contribution in [2.24, 2.45) is 0 Å². The molecule has 0 bridgehead atoms. The van der Waals surface area contributed by atoms with E-state index in [9.17, 15) is 4.79 Å². The summed E-state index contributed by atoms with van der Waals surface area (Å²) in [5.74, 6) is 0.336. The van der Waals surface area contributed by atoms with E-state index in [4.69, 9.17) is 10.8 Å². The van der Waals surface area contributed by atoms with Gasteiger partial charge in [0.05, 0.1) is 26.9 Å². The van der Waals surface area contributed by atoms with Crippen LogP contribution in [0.2, 0.25) is 0 Å². The summed E-state index contributed by atoms with van der Waals surface area (Å²) in [5, 5.41) is 5.67. The third-order valence-corrected chi connectivity index (χ3v) is 6.62. The minimum atomic E-state index is -0.0613. The van der Waals surface area contributed by atoms with Gasteiger partial charge in [0.1, 0.15) is 17.8 Å². The van der Waals surface area contributed by atoms with E-state index in [1.54, 1.807) is 17.5 Å². The zero-order valence-corrected chi connectivity index (χ0v) is 17.6. The fourth-order valence-electron chi connectivity index (χ4n) is 4.02. The van der Waals surface area contributed by atoms with Crippen molar-refractivity contribution in [2.45, 2.75) is 18.9 Å². The minimum absolute atomic E-state index is 0.0124. The number of hydrogen-bond acceptors (Lipinski definition) is 7. The van der Waals surface area contributed by atoms with Crippen molar-refractivity contribution in [3.8, 4) is 21.1 Å². The molecule has 4 aromatic heterocycles. The summed E-state index contributed by atoms with van der Waals surface area (Å²) < 4.78 is 1.91. The van der Waals surface area contributed by atoms with Crippen molar-refractivity contribution in [2.75, 3.05) is 18.8 Å². The lowest BCUT2D eigenvalue weighted by Crippen LogP contribution is -2.40. The number of anilines is 1. The first kappa shape index (κ1) is 19.4. The van der Waals surface area contributed by atoms with Crippen molar-refractivity contribution in [3.05, 3.63) is 55.5 Å². The molecule has 5 rings (SSSR count). The summed E-state index contributed by atoms with van der Waals surface area (Å²) in [7, 11) is 0. The molecular weight excluding hydrogens is 410 g/mol. The van der Waals surface area contributed by atoms with E-state index in [1.807, 2.05) is 39.9 Å². The number of nitrogens with zero attached hydrogens (tertiary/aromatic N) is 6. The predicted molar refractivity (Wildman–Crippen MR) is 121 cm³/mol. The lowest BCUT2D eigenvalue weighted by Gasteiger charge is -2.32. The smallest absolute Gasteiger partial charge is 0.246 e. The van der Waals surface area contributed by atoms with Gasteiger partial charge in [-0.1, -0.05) is 12.6 Å². The van der Waals surface area contributed by atoms with Gasteiger partial charge in [0.2, 0.25) is 5.91 Å². The number of nitrogens with two attached hydrogens (primary N) is 1. The normalized spacial score (nSPS) is 16.5. The van der Waals surface area contributed by atoms with Crippen LogP contribution in [0.3, 0.4) is 0 Å². The van der Waals surface area contributed by atoms with Crippen molar-refractivity contribution >= 4 is 34.1 Å². The summed E-state index contributed by atoms with van der Waals surface area (Å²) in [6.45, 7) is 4.90. The monoisotopic (exact) mass is 431 g/mol. The molecule has 0 radical (unpaired) electrons. The van der Waals surface area contributed by atoms with Gasteiger partial charge < -0.3 is 10.6 Å². The molecule has 1 amide bonds. The average Bonchev–Trinajstić information content (AvgIpc) is 3.45. The standard InChI is InChI=1S/C22H21N7OS/c1-2-18(30)28-11-5-6-14(12-28)29-22-19(21(23)25-13-26-22)20(27-29)17-9-8-16(31-17)15-7-3-4-10-24-15/h2-4,7-10,13-14H,1,5-6,11-12H2,(H2,23,25,26)/t14-/m1/s1. The topological polar surface area (TPSA) is 103 Å². The first-order valence-electron chi connectivity index (χ1n) is 10.1. The van der Waals surface area contributed by atoms with Crippen LogP contribution in [0, 0.1) is 0 Å².